The fourth-order valence-electron chi connectivity index (χ4n) is 1.96. The van der Waals surface area contributed by atoms with Crippen molar-refractivity contribution in [3.63, 3.8) is 0 Å². The lowest BCUT2D eigenvalue weighted by Gasteiger charge is -2.12. The number of benzene rings is 1. The van der Waals surface area contributed by atoms with E-state index in [-0.39, 0.29) is 6.04 Å². The van der Waals surface area contributed by atoms with Gasteiger partial charge in [0, 0.05) is 17.8 Å². The van der Waals surface area contributed by atoms with Crippen LogP contribution in [0.3, 0.4) is 0 Å². The van der Waals surface area contributed by atoms with Crippen LogP contribution < -0.4 is 10.5 Å². The summed E-state index contributed by atoms with van der Waals surface area (Å²) in [5.74, 6) is 0.658. The normalized spacial score (nSPS) is 12.1. The van der Waals surface area contributed by atoms with Gasteiger partial charge in [0.1, 0.15) is 0 Å². The highest BCUT2D eigenvalue weighted by Crippen LogP contribution is 2.20. The molecule has 2 N–H and O–H groups in total. The Hall–Kier alpha value is -1.87. The molecule has 1 atom stereocenters. The lowest BCUT2D eigenvalue weighted by molar-refractivity contribution is 0.294. The molecule has 100 valence electrons. The van der Waals surface area contributed by atoms with Crippen LogP contribution in [0.5, 0.6) is 5.88 Å². The average molecular weight is 256 g/mol. The summed E-state index contributed by atoms with van der Waals surface area (Å²) in [6.45, 7) is 2.60. The SMILES string of the molecule is C[C@@H](N)c1cccnc1OCCCc1ccccc1. The summed E-state index contributed by atoms with van der Waals surface area (Å²) in [5, 5.41) is 0. The highest BCUT2D eigenvalue weighted by Gasteiger charge is 2.08. The summed E-state index contributed by atoms with van der Waals surface area (Å²) in [4.78, 5) is 4.24. The molecule has 0 unspecified atom stereocenters. The van der Waals surface area contributed by atoms with Crippen molar-refractivity contribution in [3.05, 3.63) is 59.8 Å². The van der Waals surface area contributed by atoms with Crippen LogP contribution in [-0.2, 0) is 6.42 Å². The predicted octanol–water partition coefficient (Wildman–Crippen LogP) is 3.11. The van der Waals surface area contributed by atoms with Crippen LogP contribution in [0.1, 0.15) is 30.5 Å². The largest absolute Gasteiger partial charge is 0.477 e. The van der Waals surface area contributed by atoms with E-state index in [9.17, 15) is 0 Å². The Morgan fingerprint density at radius 1 is 1.16 bits per heavy atom. The van der Waals surface area contributed by atoms with E-state index in [1.807, 2.05) is 25.1 Å². The van der Waals surface area contributed by atoms with Crippen molar-refractivity contribution in [2.45, 2.75) is 25.8 Å². The Balaban J connectivity index is 1.83. The summed E-state index contributed by atoms with van der Waals surface area (Å²) in [6, 6.07) is 14.2. The fourth-order valence-corrected chi connectivity index (χ4v) is 1.96. The zero-order valence-corrected chi connectivity index (χ0v) is 11.3. The van der Waals surface area contributed by atoms with Gasteiger partial charge in [-0.3, -0.25) is 0 Å². The maximum absolute atomic E-state index is 5.89. The number of hydrogen-bond acceptors (Lipinski definition) is 3. The second kappa shape index (κ2) is 6.90. The van der Waals surface area contributed by atoms with E-state index in [1.165, 1.54) is 5.56 Å². The molecule has 0 spiro atoms. The van der Waals surface area contributed by atoms with E-state index in [0.29, 0.717) is 12.5 Å². The molecule has 0 amide bonds. The molecule has 0 fully saturated rings. The minimum atomic E-state index is -0.0576. The molecule has 1 heterocycles. The molecular formula is C16H20N2O. The topological polar surface area (TPSA) is 48.1 Å². The molecule has 2 aromatic rings. The van der Waals surface area contributed by atoms with Gasteiger partial charge in [0.2, 0.25) is 5.88 Å². The van der Waals surface area contributed by atoms with E-state index in [0.717, 1.165) is 18.4 Å². The first-order valence-electron chi connectivity index (χ1n) is 6.64. The van der Waals surface area contributed by atoms with Crippen molar-refractivity contribution >= 4 is 0 Å². The zero-order valence-electron chi connectivity index (χ0n) is 11.3. The molecule has 0 radical (unpaired) electrons. The minimum Gasteiger partial charge on any atom is -0.477 e. The van der Waals surface area contributed by atoms with Crippen LogP contribution in [0.25, 0.3) is 0 Å². The van der Waals surface area contributed by atoms with E-state index >= 15 is 0 Å². The van der Waals surface area contributed by atoms with Gasteiger partial charge in [-0.15, -0.1) is 0 Å². The first-order chi connectivity index (χ1) is 9.27. The third-order valence-electron chi connectivity index (χ3n) is 2.98. The molecule has 1 aromatic heterocycles. The summed E-state index contributed by atoms with van der Waals surface area (Å²) < 4.78 is 5.73. The lowest BCUT2D eigenvalue weighted by Crippen LogP contribution is -2.10. The molecular weight excluding hydrogens is 236 g/mol. The molecule has 0 saturated carbocycles. The second-order valence-corrected chi connectivity index (χ2v) is 4.62. The molecule has 0 aliphatic heterocycles. The maximum Gasteiger partial charge on any atom is 0.218 e. The highest BCUT2D eigenvalue weighted by molar-refractivity contribution is 5.28. The van der Waals surface area contributed by atoms with Crippen molar-refractivity contribution in [2.24, 2.45) is 5.73 Å². The van der Waals surface area contributed by atoms with Crippen molar-refractivity contribution in [1.82, 2.24) is 4.98 Å². The number of ether oxygens (including phenoxy) is 1. The van der Waals surface area contributed by atoms with Crippen molar-refractivity contribution in [2.75, 3.05) is 6.61 Å². The summed E-state index contributed by atoms with van der Waals surface area (Å²) in [6.07, 6.45) is 3.72. The second-order valence-electron chi connectivity index (χ2n) is 4.62. The van der Waals surface area contributed by atoms with Gasteiger partial charge in [-0.25, -0.2) is 4.98 Å². The number of aromatic nitrogens is 1. The molecule has 2 rings (SSSR count). The Morgan fingerprint density at radius 3 is 2.68 bits per heavy atom. The van der Waals surface area contributed by atoms with E-state index < -0.39 is 0 Å². The van der Waals surface area contributed by atoms with Gasteiger partial charge in [0.15, 0.2) is 0 Å². The van der Waals surface area contributed by atoms with Crippen LogP contribution in [0.15, 0.2) is 48.7 Å². The summed E-state index contributed by atoms with van der Waals surface area (Å²) >= 11 is 0. The van der Waals surface area contributed by atoms with Crippen LogP contribution >= 0.6 is 0 Å². The van der Waals surface area contributed by atoms with Crippen molar-refractivity contribution in [1.29, 1.82) is 0 Å². The highest BCUT2D eigenvalue weighted by atomic mass is 16.5. The quantitative estimate of drug-likeness (QED) is 0.808. The molecule has 1 aromatic carbocycles. The summed E-state index contributed by atoms with van der Waals surface area (Å²) in [5.41, 5.74) is 8.18. The Morgan fingerprint density at radius 2 is 1.95 bits per heavy atom. The van der Waals surface area contributed by atoms with Crippen LogP contribution in [0.2, 0.25) is 0 Å². The average Bonchev–Trinajstić information content (AvgIpc) is 2.45. The van der Waals surface area contributed by atoms with Gasteiger partial charge in [0.25, 0.3) is 0 Å². The van der Waals surface area contributed by atoms with Gasteiger partial charge in [-0.1, -0.05) is 36.4 Å². The number of rotatable bonds is 6. The van der Waals surface area contributed by atoms with E-state index in [1.54, 1.807) is 6.20 Å². The lowest BCUT2D eigenvalue weighted by atomic mass is 10.1. The van der Waals surface area contributed by atoms with Crippen LogP contribution in [0, 0.1) is 0 Å². The monoisotopic (exact) mass is 256 g/mol. The van der Waals surface area contributed by atoms with Gasteiger partial charge >= 0.3 is 0 Å². The van der Waals surface area contributed by atoms with Crippen molar-refractivity contribution < 1.29 is 4.74 Å². The minimum absolute atomic E-state index is 0.0576. The molecule has 0 aliphatic rings. The Bertz CT molecular complexity index is 497. The number of nitrogens with zero attached hydrogens (tertiary/aromatic N) is 1. The van der Waals surface area contributed by atoms with Gasteiger partial charge < -0.3 is 10.5 Å². The predicted molar refractivity (Wildman–Crippen MR) is 77.1 cm³/mol. The number of aryl methyl sites for hydroxylation is 1. The van der Waals surface area contributed by atoms with Crippen LogP contribution in [0.4, 0.5) is 0 Å². The zero-order chi connectivity index (χ0) is 13.5. The van der Waals surface area contributed by atoms with Gasteiger partial charge in [0.05, 0.1) is 6.61 Å². The molecule has 3 heteroatoms. The molecule has 0 aliphatic carbocycles. The number of nitrogens with two attached hydrogens (primary N) is 1. The molecule has 0 bridgehead atoms. The number of pyridine rings is 1. The molecule has 3 nitrogen and oxygen atoms in total. The Labute approximate surface area is 114 Å². The molecule has 0 saturated heterocycles. The standard InChI is InChI=1S/C16H20N2O/c1-13(17)15-10-5-11-18-16(15)19-12-6-9-14-7-3-2-4-8-14/h2-5,7-8,10-11,13H,6,9,12,17H2,1H3/t13-/m1/s1. The smallest absolute Gasteiger partial charge is 0.218 e. The third kappa shape index (κ3) is 4.07. The third-order valence-corrected chi connectivity index (χ3v) is 2.98. The van der Waals surface area contributed by atoms with Gasteiger partial charge in [-0.05, 0) is 31.4 Å². The summed E-state index contributed by atoms with van der Waals surface area (Å²) in [7, 11) is 0. The molecule has 19 heavy (non-hydrogen) atoms. The van der Waals surface area contributed by atoms with Crippen molar-refractivity contribution in [3.8, 4) is 5.88 Å². The van der Waals surface area contributed by atoms with E-state index in [4.69, 9.17) is 10.5 Å². The van der Waals surface area contributed by atoms with Crippen LogP contribution in [-0.4, -0.2) is 11.6 Å². The number of hydrogen-bond donors (Lipinski definition) is 1. The first-order valence-corrected chi connectivity index (χ1v) is 6.64. The first kappa shape index (κ1) is 13.6. The Kier molecular flexibility index (Phi) is 4.93. The maximum atomic E-state index is 5.89. The van der Waals surface area contributed by atoms with Gasteiger partial charge in [-0.2, -0.15) is 0 Å². The fraction of sp³-hybridized carbons (Fsp3) is 0.312. The van der Waals surface area contributed by atoms with E-state index in [2.05, 4.69) is 29.2 Å².